The number of esters is 1. The predicted octanol–water partition coefficient (Wildman–Crippen LogP) is 2.57. The summed E-state index contributed by atoms with van der Waals surface area (Å²) in [5.74, 6) is -0.245. The predicted molar refractivity (Wildman–Crippen MR) is 80.8 cm³/mol. The normalized spacial score (nSPS) is 16.1. The molecule has 0 unspecified atom stereocenters. The number of amides is 1. The van der Waals surface area contributed by atoms with Crippen molar-refractivity contribution in [1.82, 2.24) is 5.32 Å². The molecular formula is C17H23NO3. The Hall–Kier alpha value is -1.84. The number of nitrogens with one attached hydrogen (secondary N) is 1. The van der Waals surface area contributed by atoms with Gasteiger partial charge in [-0.1, -0.05) is 36.8 Å². The molecule has 1 aromatic carbocycles. The van der Waals surface area contributed by atoms with E-state index < -0.39 is 5.41 Å². The minimum atomic E-state index is -0.400. The summed E-state index contributed by atoms with van der Waals surface area (Å²) in [7, 11) is 0. The topological polar surface area (TPSA) is 55.4 Å². The summed E-state index contributed by atoms with van der Waals surface area (Å²) in [6, 6.07) is 9.89. The number of benzene rings is 1. The maximum atomic E-state index is 12.5. The van der Waals surface area contributed by atoms with E-state index in [1.807, 2.05) is 44.2 Å². The lowest BCUT2D eigenvalue weighted by Crippen LogP contribution is -2.49. The summed E-state index contributed by atoms with van der Waals surface area (Å²) in [6.07, 6.45) is 2.92. The Morgan fingerprint density at radius 1 is 1.24 bits per heavy atom. The highest BCUT2D eigenvalue weighted by atomic mass is 16.5. The van der Waals surface area contributed by atoms with Gasteiger partial charge in [-0.3, -0.25) is 9.59 Å². The van der Waals surface area contributed by atoms with Crippen LogP contribution in [-0.2, 0) is 19.7 Å². The third-order valence-corrected chi connectivity index (χ3v) is 3.95. The first kappa shape index (κ1) is 15.5. The van der Waals surface area contributed by atoms with Gasteiger partial charge < -0.3 is 10.1 Å². The second-order valence-electron chi connectivity index (χ2n) is 5.85. The molecule has 0 spiro atoms. The molecule has 0 aromatic heterocycles. The van der Waals surface area contributed by atoms with E-state index in [2.05, 4.69) is 5.32 Å². The zero-order valence-electron chi connectivity index (χ0n) is 12.7. The van der Waals surface area contributed by atoms with Crippen molar-refractivity contribution in [2.75, 3.05) is 6.54 Å². The molecule has 1 aliphatic rings. The first-order chi connectivity index (χ1) is 10.0. The zero-order chi connectivity index (χ0) is 15.3. The molecular weight excluding hydrogens is 266 g/mol. The number of hydrogen-bond donors (Lipinski definition) is 1. The van der Waals surface area contributed by atoms with Crippen LogP contribution in [0.25, 0.3) is 0 Å². The average Bonchev–Trinajstić information content (AvgIpc) is 2.37. The van der Waals surface area contributed by atoms with Gasteiger partial charge in [-0.25, -0.2) is 0 Å². The lowest BCUT2D eigenvalue weighted by atomic mass is 9.64. The average molecular weight is 289 g/mol. The van der Waals surface area contributed by atoms with Crippen LogP contribution in [0.2, 0.25) is 0 Å². The fourth-order valence-electron chi connectivity index (χ4n) is 2.70. The molecule has 0 radical (unpaired) electrons. The molecule has 114 valence electrons. The number of rotatable bonds is 6. The Kier molecular flexibility index (Phi) is 4.99. The van der Waals surface area contributed by atoms with Crippen molar-refractivity contribution in [3.8, 4) is 0 Å². The van der Waals surface area contributed by atoms with E-state index in [1.54, 1.807) is 0 Å². The van der Waals surface area contributed by atoms with Gasteiger partial charge in [0, 0.05) is 6.54 Å². The van der Waals surface area contributed by atoms with Gasteiger partial charge in [0.25, 0.3) is 0 Å². The molecule has 1 aromatic rings. The Labute approximate surface area is 125 Å². The Morgan fingerprint density at radius 3 is 2.43 bits per heavy atom. The van der Waals surface area contributed by atoms with Crippen molar-refractivity contribution >= 4 is 11.9 Å². The summed E-state index contributed by atoms with van der Waals surface area (Å²) in [4.78, 5) is 24.0. The second-order valence-corrected chi connectivity index (χ2v) is 5.85. The largest absolute Gasteiger partial charge is 0.463 e. The lowest BCUT2D eigenvalue weighted by molar-refractivity contribution is -0.147. The lowest BCUT2D eigenvalue weighted by Gasteiger charge is -2.40. The van der Waals surface area contributed by atoms with E-state index in [1.165, 1.54) is 0 Å². The zero-order valence-corrected chi connectivity index (χ0v) is 12.7. The van der Waals surface area contributed by atoms with Crippen LogP contribution in [0.3, 0.4) is 0 Å². The van der Waals surface area contributed by atoms with Crippen LogP contribution in [0, 0.1) is 0 Å². The van der Waals surface area contributed by atoms with Gasteiger partial charge in [0.1, 0.15) is 0 Å². The summed E-state index contributed by atoms with van der Waals surface area (Å²) < 4.78 is 5.05. The van der Waals surface area contributed by atoms with Gasteiger partial charge in [-0.05, 0) is 32.3 Å². The van der Waals surface area contributed by atoms with E-state index in [4.69, 9.17) is 4.74 Å². The summed E-state index contributed by atoms with van der Waals surface area (Å²) in [5.41, 5.74) is 0.668. The van der Waals surface area contributed by atoms with Crippen LogP contribution in [0.15, 0.2) is 30.3 Å². The van der Waals surface area contributed by atoms with E-state index in [-0.39, 0.29) is 24.4 Å². The van der Waals surface area contributed by atoms with Crippen molar-refractivity contribution in [3.63, 3.8) is 0 Å². The Morgan fingerprint density at radius 2 is 1.90 bits per heavy atom. The van der Waals surface area contributed by atoms with Gasteiger partial charge >= 0.3 is 5.97 Å². The van der Waals surface area contributed by atoms with Crippen molar-refractivity contribution in [1.29, 1.82) is 0 Å². The summed E-state index contributed by atoms with van der Waals surface area (Å²) >= 11 is 0. The maximum Gasteiger partial charge on any atom is 0.307 e. The van der Waals surface area contributed by atoms with Crippen molar-refractivity contribution in [2.45, 2.75) is 51.0 Å². The quantitative estimate of drug-likeness (QED) is 0.819. The van der Waals surface area contributed by atoms with Crippen LogP contribution < -0.4 is 5.32 Å². The van der Waals surface area contributed by atoms with Crippen molar-refractivity contribution in [2.24, 2.45) is 0 Å². The van der Waals surface area contributed by atoms with Crippen LogP contribution in [-0.4, -0.2) is 24.5 Å². The van der Waals surface area contributed by atoms with Crippen molar-refractivity contribution in [3.05, 3.63) is 35.9 Å². The second kappa shape index (κ2) is 6.74. The van der Waals surface area contributed by atoms with E-state index >= 15 is 0 Å². The first-order valence-electron chi connectivity index (χ1n) is 7.58. The minimum Gasteiger partial charge on any atom is -0.463 e. The van der Waals surface area contributed by atoms with Crippen molar-refractivity contribution < 1.29 is 14.3 Å². The number of ether oxygens (including phenoxy) is 1. The van der Waals surface area contributed by atoms with E-state index in [0.29, 0.717) is 6.54 Å². The van der Waals surface area contributed by atoms with E-state index in [0.717, 1.165) is 24.8 Å². The molecule has 0 bridgehead atoms. The Bertz CT molecular complexity index is 492. The fraction of sp³-hybridized carbons (Fsp3) is 0.529. The molecule has 0 heterocycles. The molecule has 4 heteroatoms. The highest BCUT2D eigenvalue weighted by Crippen LogP contribution is 2.43. The third-order valence-electron chi connectivity index (χ3n) is 3.95. The monoisotopic (exact) mass is 289 g/mol. The van der Waals surface area contributed by atoms with Gasteiger partial charge in [-0.15, -0.1) is 0 Å². The molecule has 0 aliphatic heterocycles. The van der Waals surface area contributed by atoms with E-state index in [9.17, 15) is 9.59 Å². The third kappa shape index (κ3) is 3.63. The van der Waals surface area contributed by atoms with Crippen LogP contribution in [0.4, 0.5) is 0 Å². The smallest absolute Gasteiger partial charge is 0.307 e. The van der Waals surface area contributed by atoms with Crippen LogP contribution >= 0.6 is 0 Å². The summed E-state index contributed by atoms with van der Waals surface area (Å²) in [5, 5.41) is 2.89. The molecule has 0 saturated heterocycles. The van der Waals surface area contributed by atoms with Gasteiger partial charge in [0.15, 0.2) is 0 Å². The van der Waals surface area contributed by atoms with Gasteiger partial charge in [0.2, 0.25) is 5.91 Å². The molecule has 1 amide bonds. The fourth-order valence-corrected chi connectivity index (χ4v) is 2.70. The number of hydrogen-bond acceptors (Lipinski definition) is 3. The molecule has 21 heavy (non-hydrogen) atoms. The SMILES string of the molecule is CC(C)OC(=O)CCNC(=O)C1(c2ccccc2)CCC1. The standard InChI is InChI=1S/C17H23NO3/c1-13(2)21-15(19)9-12-18-16(20)17(10-6-11-17)14-7-4-3-5-8-14/h3-5,7-8,13H,6,9-12H2,1-2H3,(H,18,20). The first-order valence-corrected chi connectivity index (χ1v) is 7.58. The number of carbonyl (C=O) groups is 2. The molecule has 1 saturated carbocycles. The van der Waals surface area contributed by atoms with Gasteiger partial charge in [0.05, 0.1) is 17.9 Å². The molecule has 1 aliphatic carbocycles. The number of carbonyl (C=O) groups excluding carboxylic acids is 2. The van der Waals surface area contributed by atoms with Crippen LogP contribution in [0.1, 0.15) is 45.1 Å². The molecule has 0 atom stereocenters. The maximum absolute atomic E-state index is 12.5. The van der Waals surface area contributed by atoms with Gasteiger partial charge in [-0.2, -0.15) is 0 Å². The highest BCUT2D eigenvalue weighted by Gasteiger charge is 2.45. The molecule has 1 N–H and O–H groups in total. The van der Waals surface area contributed by atoms with Crippen LogP contribution in [0.5, 0.6) is 0 Å². The summed E-state index contributed by atoms with van der Waals surface area (Å²) in [6.45, 7) is 3.96. The molecule has 4 nitrogen and oxygen atoms in total. The molecule has 1 fully saturated rings. The highest BCUT2D eigenvalue weighted by molar-refractivity contribution is 5.89. The minimum absolute atomic E-state index is 0.0253. The molecule has 2 rings (SSSR count). The Balaban J connectivity index is 1.89.